The first-order valence-electron chi connectivity index (χ1n) is 6.65. The van der Waals surface area contributed by atoms with E-state index in [9.17, 15) is 0 Å². The number of nitrogens with one attached hydrogen (secondary N) is 1. The molecule has 2 rings (SSSR count). The van der Waals surface area contributed by atoms with Gasteiger partial charge in [-0.3, -0.25) is 4.90 Å². The first-order chi connectivity index (χ1) is 7.85. The van der Waals surface area contributed by atoms with E-state index in [0.29, 0.717) is 6.42 Å². The molecule has 0 unspecified atom stereocenters. The van der Waals surface area contributed by atoms with Crippen LogP contribution in [0.15, 0.2) is 0 Å². The molecule has 0 radical (unpaired) electrons. The van der Waals surface area contributed by atoms with Crippen molar-refractivity contribution in [2.24, 2.45) is 0 Å². The number of hydrogen-bond donors (Lipinski definition) is 1. The van der Waals surface area contributed by atoms with E-state index in [4.69, 9.17) is 5.26 Å². The van der Waals surface area contributed by atoms with Crippen LogP contribution in [-0.2, 0) is 0 Å². The molecule has 2 saturated carbocycles. The summed E-state index contributed by atoms with van der Waals surface area (Å²) in [7, 11) is 2.07. The maximum atomic E-state index is 8.71. The Labute approximate surface area is 98.8 Å². The first kappa shape index (κ1) is 11.9. The SMILES string of the molecule is CNC1CCC(N(CCC#N)C2CC2)CC1. The quantitative estimate of drug-likeness (QED) is 0.770. The molecule has 2 aliphatic carbocycles. The lowest BCUT2D eigenvalue weighted by Crippen LogP contribution is -2.43. The maximum Gasteiger partial charge on any atom is 0.0635 e. The van der Waals surface area contributed by atoms with E-state index in [0.717, 1.165) is 24.7 Å². The summed E-state index contributed by atoms with van der Waals surface area (Å²) in [6.45, 7) is 0.996. The zero-order chi connectivity index (χ0) is 11.4. The van der Waals surface area contributed by atoms with E-state index in [-0.39, 0.29) is 0 Å². The summed E-state index contributed by atoms with van der Waals surface area (Å²) in [5.74, 6) is 0. The maximum absolute atomic E-state index is 8.71. The second-order valence-electron chi connectivity index (χ2n) is 5.17. The van der Waals surface area contributed by atoms with E-state index in [1.807, 2.05) is 0 Å². The molecule has 0 atom stereocenters. The summed E-state index contributed by atoms with van der Waals surface area (Å²) in [6, 6.07) is 4.58. The van der Waals surface area contributed by atoms with Crippen molar-refractivity contribution in [3.05, 3.63) is 0 Å². The number of hydrogen-bond acceptors (Lipinski definition) is 3. The van der Waals surface area contributed by atoms with Crippen molar-refractivity contribution in [2.75, 3.05) is 13.6 Å². The zero-order valence-electron chi connectivity index (χ0n) is 10.3. The predicted octanol–water partition coefficient (Wildman–Crippen LogP) is 1.90. The van der Waals surface area contributed by atoms with Crippen LogP contribution in [0.2, 0.25) is 0 Å². The highest BCUT2D eigenvalue weighted by Gasteiger charge is 2.35. The summed E-state index contributed by atoms with van der Waals surface area (Å²) < 4.78 is 0. The largest absolute Gasteiger partial charge is 0.317 e. The number of nitrogens with zero attached hydrogens (tertiary/aromatic N) is 2. The Balaban J connectivity index is 1.82. The highest BCUT2D eigenvalue weighted by Crippen LogP contribution is 2.33. The summed E-state index contributed by atoms with van der Waals surface area (Å²) in [5.41, 5.74) is 0. The second kappa shape index (κ2) is 5.65. The molecule has 2 fully saturated rings. The molecule has 0 aliphatic heterocycles. The average Bonchev–Trinajstić information content (AvgIpc) is 3.15. The Morgan fingerprint density at radius 3 is 2.12 bits per heavy atom. The molecule has 16 heavy (non-hydrogen) atoms. The topological polar surface area (TPSA) is 39.1 Å². The molecule has 0 aromatic carbocycles. The van der Waals surface area contributed by atoms with Crippen molar-refractivity contribution in [2.45, 2.75) is 63.1 Å². The lowest BCUT2D eigenvalue weighted by atomic mass is 9.90. The van der Waals surface area contributed by atoms with Gasteiger partial charge in [0.05, 0.1) is 6.07 Å². The van der Waals surface area contributed by atoms with Gasteiger partial charge >= 0.3 is 0 Å². The van der Waals surface area contributed by atoms with Crippen molar-refractivity contribution in [3.8, 4) is 6.07 Å². The Kier molecular flexibility index (Phi) is 4.20. The molecule has 0 heterocycles. The van der Waals surface area contributed by atoms with Gasteiger partial charge in [0, 0.05) is 31.1 Å². The fraction of sp³-hybridized carbons (Fsp3) is 0.923. The fourth-order valence-electron chi connectivity index (χ4n) is 2.94. The van der Waals surface area contributed by atoms with Gasteiger partial charge in [0.15, 0.2) is 0 Å². The van der Waals surface area contributed by atoms with Gasteiger partial charge in [0.2, 0.25) is 0 Å². The molecule has 90 valence electrons. The van der Waals surface area contributed by atoms with Crippen LogP contribution in [0, 0.1) is 11.3 Å². The molecule has 1 N–H and O–H groups in total. The monoisotopic (exact) mass is 221 g/mol. The molecule has 0 saturated heterocycles. The Morgan fingerprint density at radius 2 is 1.69 bits per heavy atom. The second-order valence-corrected chi connectivity index (χ2v) is 5.17. The van der Waals surface area contributed by atoms with Crippen LogP contribution in [0.4, 0.5) is 0 Å². The summed E-state index contributed by atoms with van der Waals surface area (Å²) >= 11 is 0. The Bertz CT molecular complexity index is 246. The molecule has 3 nitrogen and oxygen atoms in total. The molecule has 3 heteroatoms. The lowest BCUT2D eigenvalue weighted by molar-refractivity contribution is 0.139. The number of rotatable bonds is 5. The van der Waals surface area contributed by atoms with Crippen LogP contribution in [0.5, 0.6) is 0 Å². The molecule has 0 spiro atoms. The standard InChI is InChI=1S/C13H23N3/c1-15-11-3-5-12(6-4-11)16(10-2-9-14)13-7-8-13/h11-13,15H,2-8,10H2,1H3. The van der Waals surface area contributed by atoms with Gasteiger partial charge in [-0.2, -0.15) is 5.26 Å². The van der Waals surface area contributed by atoms with Gasteiger partial charge in [-0.05, 0) is 45.6 Å². The summed E-state index contributed by atoms with van der Waals surface area (Å²) in [6.07, 6.45) is 8.64. The third-order valence-electron chi connectivity index (χ3n) is 4.07. The highest BCUT2D eigenvalue weighted by atomic mass is 15.2. The minimum atomic E-state index is 0.697. The van der Waals surface area contributed by atoms with Crippen LogP contribution in [0.25, 0.3) is 0 Å². The van der Waals surface area contributed by atoms with Crippen LogP contribution in [-0.4, -0.2) is 36.6 Å². The van der Waals surface area contributed by atoms with E-state index in [1.54, 1.807) is 0 Å². The molecule has 2 aliphatic rings. The molecule has 0 amide bonds. The van der Waals surface area contributed by atoms with Crippen molar-refractivity contribution in [1.29, 1.82) is 5.26 Å². The lowest BCUT2D eigenvalue weighted by Gasteiger charge is -2.36. The minimum absolute atomic E-state index is 0.697. The van der Waals surface area contributed by atoms with E-state index in [1.165, 1.54) is 38.5 Å². The molecule has 0 aromatic heterocycles. The highest BCUT2D eigenvalue weighted by molar-refractivity contribution is 4.92. The van der Waals surface area contributed by atoms with Gasteiger partial charge in [-0.25, -0.2) is 0 Å². The van der Waals surface area contributed by atoms with E-state index < -0.39 is 0 Å². The number of nitriles is 1. The van der Waals surface area contributed by atoms with Crippen LogP contribution < -0.4 is 5.32 Å². The average molecular weight is 221 g/mol. The van der Waals surface area contributed by atoms with Crippen molar-refractivity contribution >= 4 is 0 Å². The third-order valence-corrected chi connectivity index (χ3v) is 4.07. The van der Waals surface area contributed by atoms with Crippen LogP contribution in [0.1, 0.15) is 44.9 Å². The van der Waals surface area contributed by atoms with E-state index in [2.05, 4.69) is 23.3 Å². The van der Waals surface area contributed by atoms with Gasteiger partial charge in [-0.15, -0.1) is 0 Å². The fourth-order valence-corrected chi connectivity index (χ4v) is 2.94. The Hall–Kier alpha value is -0.590. The summed E-state index contributed by atoms with van der Waals surface area (Å²) in [4.78, 5) is 2.62. The third kappa shape index (κ3) is 2.96. The predicted molar refractivity (Wildman–Crippen MR) is 65.1 cm³/mol. The minimum Gasteiger partial charge on any atom is -0.317 e. The molecule has 0 aromatic rings. The zero-order valence-corrected chi connectivity index (χ0v) is 10.3. The smallest absolute Gasteiger partial charge is 0.0635 e. The van der Waals surface area contributed by atoms with Gasteiger partial charge in [0.25, 0.3) is 0 Å². The molecular weight excluding hydrogens is 198 g/mol. The molecule has 0 bridgehead atoms. The molecular formula is C13H23N3. The van der Waals surface area contributed by atoms with Crippen LogP contribution in [0.3, 0.4) is 0 Å². The Morgan fingerprint density at radius 1 is 1.12 bits per heavy atom. The first-order valence-corrected chi connectivity index (χ1v) is 6.65. The summed E-state index contributed by atoms with van der Waals surface area (Å²) in [5, 5.41) is 12.1. The van der Waals surface area contributed by atoms with Crippen LogP contribution >= 0.6 is 0 Å². The van der Waals surface area contributed by atoms with Gasteiger partial charge in [0.1, 0.15) is 0 Å². The van der Waals surface area contributed by atoms with Crippen molar-refractivity contribution in [1.82, 2.24) is 10.2 Å². The van der Waals surface area contributed by atoms with Crippen molar-refractivity contribution < 1.29 is 0 Å². The van der Waals surface area contributed by atoms with Gasteiger partial charge in [-0.1, -0.05) is 0 Å². The van der Waals surface area contributed by atoms with E-state index >= 15 is 0 Å². The normalized spacial score (nSPS) is 30.3. The van der Waals surface area contributed by atoms with Crippen molar-refractivity contribution in [3.63, 3.8) is 0 Å². The van der Waals surface area contributed by atoms with Gasteiger partial charge < -0.3 is 5.32 Å².